The molecule has 0 saturated heterocycles. The van der Waals surface area contributed by atoms with E-state index in [1.165, 1.54) is 11.1 Å². The molecule has 0 fully saturated rings. The molecule has 1 aromatic rings. The summed E-state index contributed by atoms with van der Waals surface area (Å²) in [7, 11) is 0. The number of hydrogen-bond acceptors (Lipinski definition) is 3. The minimum atomic E-state index is 0.138. The van der Waals surface area contributed by atoms with E-state index in [0.717, 1.165) is 44.1 Å². The molecule has 1 aromatic heterocycles. The monoisotopic (exact) mass is 276 g/mol. The summed E-state index contributed by atoms with van der Waals surface area (Å²) in [6.45, 7) is 14.8. The number of nitrogens with one attached hydrogen (secondary N) is 1. The molecule has 0 radical (unpaired) electrons. The van der Waals surface area contributed by atoms with E-state index >= 15 is 0 Å². The van der Waals surface area contributed by atoms with Crippen LogP contribution in [-0.2, 0) is 13.1 Å². The maximum atomic E-state index is 5.92. The summed E-state index contributed by atoms with van der Waals surface area (Å²) in [6, 6.07) is 2.21. The zero-order valence-corrected chi connectivity index (χ0v) is 13.5. The van der Waals surface area contributed by atoms with Crippen LogP contribution in [0.3, 0.4) is 0 Å². The predicted molar refractivity (Wildman–Crippen MR) is 83.7 cm³/mol. The Bertz CT molecular complexity index is 480. The molecule has 20 heavy (non-hydrogen) atoms. The van der Waals surface area contributed by atoms with Crippen LogP contribution in [-0.4, -0.2) is 23.5 Å². The van der Waals surface area contributed by atoms with Crippen LogP contribution < -0.4 is 5.32 Å². The van der Waals surface area contributed by atoms with Gasteiger partial charge in [-0.25, -0.2) is 0 Å². The molecule has 3 heteroatoms. The molecule has 0 aromatic carbocycles. The second-order valence-electron chi connectivity index (χ2n) is 6.95. The van der Waals surface area contributed by atoms with E-state index in [-0.39, 0.29) is 5.54 Å². The van der Waals surface area contributed by atoms with Gasteiger partial charge in [0.2, 0.25) is 0 Å². The topological polar surface area (TPSA) is 28.4 Å². The average molecular weight is 276 g/mol. The molecule has 0 atom stereocenters. The Kier molecular flexibility index (Phi) is 4.71. The van der Waals surface area contributed by atoms with Gasteiger partial charge < -0.3 is 9.73 Å². The van der Waals surface area contributed by atoms with E-state index in [9.17, 15) is 0 Å². The van der Waals surface area contributed by atoms with Crippen molar-refractivity contribution in [3.63, 3.8) is 0 Å². The van der Waals surface area contributed by atoms with E-state index in [2.05, 4.69) is 57.0 Å². The van der Waals surface area contributed by atoms with Gasteiger partial charge in [-0.05, 0) is 47.1 Å². The maximum absolute atomic E-state index is 5.92. The highest BCUT2D eigenvalue weighted by atomic mass is 16.3. The molecule has 0 saturated carbocycles. The van der Waals surface area contributed by atoms with Crippen molar-refractivity contribution in [1.29, 1.82) is 0 Å². The summed E-state index contributed by atoms with van der Waals surface area (Å²) >= 11 is 0. The van der Waals surface area contributed by atoms with E-state index in [4.69, 9.17) is 4.42 Å². The minimum Gasteiger partial charge on any atom is -0.465 e. The quantitative estimate of drug-likeness (QED) is 0.851. The lowest BCUT2D eigenvalue weighted by Gasteiger charge is -2.24. The third-order valence-corrected chi connectivity index (χ3v) is 3.67. The Morgan fingerprint density at radius 3 is 2.70 bits per heavy atom. The molecular formula is C17H28N2O. The second-order valence-corrected chi connectivity index (χ2v) is 6.95. The number of furan rings is 1. The lowest BCUT2D eigenvalue weighted by molar-refractivity contribution is 0.256. The van der Waals surface area contributed by atoms with E-state index in [1.807, 2.05) is 0 Å². The van der Waals surface area contributed by atoms with E-state index < -0.39 is 0 Å². The second kappa shape index (κ2) is 6.15. The largest absolute Gasteiger partial charge is 0.465 e. The Hall–Kier alpha value is -1.06. The van der Waals surface area contributed by atoms with Crippen LogP contribution in [0.2, 0.25) is 0 Å². The van der Waals surface area contributed by atoms with Gasteiger partial charge in [-0.3, -0.25) is 4.90 Å². The lowest BCUT2D eigenvalue weighted by Crippen LogP contribution is -2.35. The smallest absolute Gasteiger partial charge is 0.118 e. The molecule has 1 aliphatic rings. The normalized spacial score (nSPS) is 17.4. The molecule has 2 rings (SSSR count). The first-order valence-electron chi connectivity index (χ1n) is 7.55. The number of rotatable bonds is 4. The highest BCUT2D eigenvalue weighted by Crippen LogP contribution is 2.19. The summed E-state index contributed by atoms with van der Waals surface area (Å²) in [5, 5.41) is 3.52. The van der Waals surface area contributed by atoms with Crippen LogP contribution in [0.15, 0.2) is 22.1 Å². The van der Waals surface area contributed by atoms with Crippen molar-refractivity contribution in [3.05, 3.63) is 34.8 Å². The standard InChI is InChI=1S/C17H28N2O/c1-13-7-6-8-19(11-13)12-16-9-15(14(2)20-16)10-18-17(3,4)5/h7,9,18H,6,8,10-12H2,1-5H3. The van der Waals surface area contributed by atoms with Gasteiger partial charge in [0.05, 0.1) is 6.54 Å². The molecule has 112 valence electrons. The summed E-state index contributed by atoms with van der Waals surface area (Å²) in [5.41, 5.74) is 2.88. The fourth-order valence-corrected chi connectivity index (χ4v) is 2.55. The number of aryl methyl sites for hydroxylation is 1. The van der Waals surface area contributed by atoms with Crippen molar-refractivity contribution in [2.75, 3.05) is 13.1 Å². The molecule has 0 aliphatic carbocycles. The highest BCUT2D eigenvalue weighted by Gasteiger charge is 2.15. The van der Waals surface area contributed by atoms with Crippen molar-refractivity contribution in [2.24, 2.45) is 0 Å². The molecule has 3 nitrogen and oxygen atoms in total. The first-order valence-corrected chi connectivity index (χ1v) is 7.55. The Morgan fingerprint density at radius 2 is 2.05 bits per heavy atom. The van der Waals surface area contributed by atoms with Crippen LogP contribution in [0.5, 0.6) is 0 Å². The number of hydrogen-bond donors (Lipinski definition) is 1. The first-order chi connectivity index (χ1) is 9.33. The Labute approximate surface area is 123 Å². The molecule has 1 N–H and O–H groups in total. The Balaban J connectivity index is 1.95. The third kappa shape index (κ3) is 4.50. The van der Waals surface area contributed by atoms with Crippen molar-refractivity contribution in [3.8, 4) is 0 Å². The minimum absolute atomic E-state index is 0.138. The molecular weight excluding hydrogens is 248 g/mol. The van der Waals surface area contributed by atoms with Gasteiger partial charge in [0.25, 0.3) is 0 Å². The van der Waals surface area contributed by atoms with Gasteiger partial charge >= 0.3 is 0 Å². The summed E-state index contributed by atoms with van der Waals surface area (Å²) in [5.74, 6) is 2.13. The van der Waals surface area contributed by atoms with Crippen LogP contribution in [0.4, 0.5) is 0 Å². The van der Waals surface area contributed by atoms with Crippen LogP contribution in [0.25, 0.3) is 0 Å². The van der Waals surface area contributed by atoms with Crippen molar-refractivity contribution >= 4 is 0 Å². The van der Waals surface area contributed by atoms with Gasteiger partial charge in [-0.2, -0.15) is 0 Å². The van der Waals surface area contributed by atoms with Crippen LogP contribution in [0, 0.1) is 6.92 Å². The van der Waals surface area contributed by atoms with Crippen molar-refractivity contribution in [1.82, 2.24) is 10.2 Å². The molecule has 0 amide bonds. The third-order valence-electron chi connectivity index (χ3n) is 3.67. The van der Waals surface area contributed by atoms with Gasteiger partial charge in [0, 0.05) is 30.7 Å². The van der Waals surface area contributed by atoms with Crippen molar-refractivity contribution in [2.45, 2.75) is 59.7 Å². The fourth-order valence-electron chi connectivity index (χ4n) is 2.55. The van der Waals surface area contributed by atoms with Gasteiger partial charge in [0.15, 0.2) is 0 Å². The van der Waals surface area contributed by atoms with Gasteiger partial charge in [0.1, 0.15) is 11.5 Å². The summed E-state index contributed by atoms with van der Waals surface area (Å²) < 4.78 is 5.92. The average Bonchev–Trinajstić information content (AvgIpc) is 2.66. The Morgan fingerprint density at radius 1 is 1.30 bits per heavy atom. The fraction of sp³-hybridized carbons (Fsp3) is 0.647. The predicted octanol–water partition coefficient (Wildman–Crippen LogP) is 3.63. The molecule has 1 aliphatic heterocycles. The lowest BCUT2D eigenvalue weighted by atomic mass is 10.1. The SMILES string of the molecule is CC1=CCCN(Cc2cc(CNC(C)(C)C)c(C)o2)C1. The first kappa shape index (κ1) is 15.3. The molecule has 0 spiro atoms. The van der Waals surface area contributed by atoms with Crippen LogP contribution >= 0.6 is 0 Å². The maximum Gasteiger partial charge on any atom is 0.118 e. The van der Waals surface area contributed by atoms with Crippen molar-refractivity contribution < 1.29 is 4.42 Å². The molecule has 0 bridgehead atoms. The molecule has 2 heterocycles. The highest BCUT2D eigenvalue weighted by molar-refractivity contribution is 5.21. The van der Waals surface area contributed by atoms with E-state index in [0.29, 0.717) is 0 Å². The molecule has 0 unspecified atom stereocenters. The zero-order chi connectivity index (χ0) is 14.8. The summed E-state index contributed by atoms with van der Waals surface area (Å²) in [6.07, 6.45) is 3.49. The number of nitrogens with zero attached hydrogens (tertiary/aromatic N) is 1. The zero-order valence-electron chi connectivity index (χ0n) is 13.5. The van der Waals surface area contributed by atoms with E-state index in [1.54, 1.807) is 0 Å². The van der Waals surface area contributed by atoms with Crippen LogP contribution in [0.1, 0.15) is 51.2 Å². The van der Waals surface area contributed by atoms with Gasteiger partial charge in [-0.1, -0.05) is 11.6 Å². The summed E-state index contributed by atoms with van der Waals surface area (Å²) in [4.78, 5) is 2.45. The van der Waals surface area contributed by atoms with Gasteiger partial charge in [-0.15, -0.1) is 0 Å².